The molecule has 1 rings (SSSR count). The number of halogens is 2. The van der Waals surface area contributed by atoms with Crippen LogP contribution in [0.2, 0.25) is 0 Å². The zero-order valence-electron chi connectivity index (χ0n) is 9.20. The summed E-state index contributed by atoms with van der Waals surface area (Å²) in [5.74, 6) is -0.667. The molecule has 1 aliphatic heterocycles. The molecule has 1 heterocycles. The van der Waals surface area contributed by atoms with Crippen LogP contribution in [0.5, 0.6) is 0 Å². The first-order valence-corrected chi connectivity index (χ1v) is 6.48. The topological polar surface area (TPSA) is 52.6 Å². The summed E-state index contributed by atoms with van der Waals surface area (Å²) in [6.07, 6.45) is 2.17. The van der Waals surface area contributed by atoms with Gasteiger partial charge >= 0.3 is 11.9 Å². The second-order valence-corrected chi connectivity index (χ2v) is 4.42. The Bertz CT molecular complexity index is 435. The lowest BCUT2D eigenvalue weighted by molar-refractivity contribution is -0.142. The van der Waals surface area contributed by atoms with E-state index in [1.807, 2.05) is 0 Å². The van der Waals surface area contributed by atoms with Gasteiger partial charge in [0.2, 0.25) is 0 Å². The number of rotatable bonds is 3. The fraction of sp³-hybridized carbons (Fsp3) is 0.273. The summed E-state index contributed by atoms with van der Waals surface area (Å²) >= 11 is 6.30. The smallest absolute Gasteiger partial charge is 0.344 e. The lowest BCUT2D eigenvalue weighted by atomic mass is 10.1. The highest BCUT2D eigenvalue weighted by molar-refractivity contribution is 9.12. The van der Waals surface area contributed by atoms with Crippen LogP contribution in [0.1, 0.15) is 13.8 Å². The highest BCUT2D eigenvalue weighted by Gasteiger charge is 2.33. The molecule has 1 unspecified atom stereocenters. The Kier molecular flexibility index (Phi) is 5.14. The van der Waals surface area contributed by atoms with E-state index >= 15 is 0 Å². The van der Waals surface area contributed by atoms with E-state index in [0.29, 0.717) is 10.2 Å². The first-order chi connectivity index (χ1) is 8.01. The molecule has 6 heteroatoms. The van der Waals surface area contributed by atoms with Crippen molar-refractivity contribution in [2.75, 3.05) is 0 Å². The molecule has 0 radical (unpaired) electrons. The number of cyclic esters (lactones) is 1. The third-order valence-electron chi connectivity index (χ3n) is 1.98. The van der Waals surface area contributed by atoms with Crippen molar-refractivity contribution in [1.29, 1.82) is 0 Å². The number of ether oxygens (including phenoxy) is 2. The van der Waals surface area contributed by atoms with Crippen molar-refractivity contribution >= 4 is 43.8 Å². The van der Waals surface area contributed by atoms with Crippen molar-refractivity contribution in [3.8, 4) is 0 Å². The van der Waals surface area contributed by atoms with E-state index in [2.05, 4.69) is 31.9 Å². The van der Waals surface area contributed by atoms with Crippen LogP contribution in [0, 0.1) is 0 Å². The molecular formula is C11H10Br2O4. The third kappa shape index (κ3) is 3.29. The lowest BCUT2D eigenvalue weighted by Crippen LogP contribution is -2.19. The van der Waals surface area contributed by atoms with Gasteiger partial charge in [0.25, 0.3) is 0 Å². The van der Waals surface area contributed by atoms with Crippen LogP contribution >= 0.6 is 31.9 Å². The molecule has 0 spiro atoms. The van der Waals surface area contributed by atoms with Crippen LogP contribution in [-0.2, 0) is 19.1 Å². The molecule has 0 amide bonds. The fourth-order valence-corrected chi connectivity index (χ4v) is 2.55. The van der Waals surface area contributed by atoms with Crippen molar-refractivity contribution < 1.29 is 19.1 Å². The molecule has 0 aromatic rings. The van der Waals surface area contributed by atoms with Gasteiger partial charge in [-0.2, -0.15) is 0 Å². The van der Waals surface area contributed by atoms with Gasteiger partial charge in [-0.25, -0.2) is 9.59 Å². The van der Waals surface area contributed by atoms with Crippen molar-refractivity contribution in [2.24, 2.45) is 0 Å². The molecule has 4 nitrogen and oxygen atoms in total. The summed E-state index contributed by atoms with van der Waals surface area (Å²) in [6.45, 7) is 3.31. The highest BCUT2D eigenvalue weighted by atomic mass is 79.9. The van der Waals surface area contributed by atoms with E-state index in [0.717, 1.165) is 0 Å². The predicted octanol–water partition coefficient (Wildman–Crippen LogP) is 2.94. The standard InChI is InChI=1S/C11H10Br2O4/c1-3-4-8(14)16-6(2)9-10(13)7(5-12)17-11(9)15/h3-6H,1-2H3. The lowest BCUT2D eigenvalue weighted by Gasteiger charge is -2.10. The molecule has 92 valence electrons. The van der Waals surface area contributed by atoms with Gasteiger partial charge in [-0.05, 0) is 29.8 Å². The zero-order chi connectivity index (χ0) is 13.0. The van der Waals surface area contributed by atoms with Gasteiger partial charge in [-0.1, -0.05) is 22.0 Å². The normalized spacial score (nSPS) is 20.0. The number of hydrogen-bond donors (Lipinski definition) is 0. The van der Waals surface area contributed by atoms with Gasteiger partial charge in [-0.15, -0.1) is 0 Å². The maximum absolute atomic E-state index is 11.6. The van der Waals surface area contributed by atoms with E-state index in [1.165, 1.54) is 11.1 Å². The summed E-state index contributed by atoms with van der Waals surface area (Å²) in [5, 5.41) is 0. The maximum atomic E-state index is 11.6. The van der Waals surface area contributed by atoms with E-state index < -0.39 is 18.0 Å². The Hall–Kier alpha value is -0.880. The van der Waals surface area contributed by atoms with Gasteiger partial charge in [0, 0.05) is 11.1 Å². The van der Waals surface area contributed by atoms with Crippen LogP contribution in [-0.4, -0.2) is 18.0 Å². The summed E-state index contributed by atoms with van der Waals surface area (Å²) in [4.78, 5) is 24.3. The monoisotopic (exact) mass is 364 g/mol. The summed E-state index contributed by atoms with van der Waals surface area (Å²) < 4.78 is 10.5. The molecule has 17 heavy (non-hydrogen) atoms. The van der Waals surface area contributed by atoms with Gasteiger partial charge in [0.1, 0.15) is 6.10 Å². The second kappa shape index (κ2) is 6.16. The molecular weight excluding hydrogens is 356 g/mol. The number of hydrogen-bond acceptors (Lipinski definition) is 4. The van der Waals surface area contributed by atoms with Gasteiger partial charge in [0.05, 0.1) is 10.1 Å². The molecule has 0 saturated carbocycles. The van der Waals surface area contributed by atoms with Crippen molar-refractivity contribution in [2.45, 2.75) is 20.0 Å². The zero-order valence-corrected chi connectivity index (χ0v) is 12.4. The molecule has 1 atom stereocenters. The van der Waals surface area contributed by atoms with Gasteiger partial charge < -0.3 is 9.47 Å². The molecule has 0 aromatic heterocycles. The van der Waals surface area contributed by atoms with E-state index in [-0.39, 0.29) is 5.57 Å². The molecule has 0 aromatic carbocycles. The SMILES string of the molecule is CC=CC(=O)OC(C)C1=C(Br)C(=CBr)OC1=O. The van der Waals surface area contributed by atoms with Crippen molar-refractivity contribution in [1.82, 2.24) is 0 Å². The molecule has 0 bridgehead atoms. The van der Waals surface area contributed by atoms with E-state index in [9.17, 15) is 9.59 Å². The van der Waals surface area contributed by atoms with E-state index in [4.69, 9.17) is 9.47 Å². The molecule has 0 fully saturated rings. The van der Waals surface area contributed by atoms with Crippen LogP contribution < -0.4 is 0 Å². The summed E-state index contributed by atoms with van der Waals surface area (Å²) in [6, 6.07) is 0. The maximum Gasteiger partial charge on any atom is 0.344 e. The number of carbonyl (C=O) groups is 2. The average molecular weight is 366 g/mol. The van der Waals surface area contributed by atoms with Crippen LogP contribution in [0.15, 0.2) is 33.0 Å². The molecule has 0 aliphatic carbocycles. The average Bonchev–Trinajstić information content (AvgIpc) is 2.53. The molecule has 1 aliphatic rings. The molecule has 0 N–H and O–H groups in total. The van der Waals surface area contributed by atoms with E-state index in [1.54, 1.807) is 19.9 Å². The van der Waals surface area contributed by atoms with Crippen LogP contribution in [0.4, 0.5) is 0 Å². The first-order valence-electron chi connectivity index (χ1n) is 4.77. The van der Waals surface area contributed by atoms with Gasteiger partial charge in [-0.3, -0.25) is 0 Å². The second-order valence-electron chi connectivity index (χ2n) is 3.17. The molecule has 0 saturated heterocycles. The number of esters is 2. The number of allylic oxidation sites excluding steroid dienone is 2. The van der Waals surface area contributed by atoms with Crippen molar-refractivity contribution in [3.05, 3.63) is 33.0 Å². The Labute approximate surface area is 116 Å². The first kappa shape index (κ1) is 14.2. The minimum Gasteiger partial charge on any atom is -0.454 e. The predicted molar refractivity (Wildman–Crippen MR) is 69.4 cm³/mol. The Morgan fingerprint density at radius 1 is 1.53 bits per heavy atom. The fourth-order valence-electron chi connectivity index (χ4n) is 1.25. The number of carbonyl (C=O) groups excluding carboxylic acids is 2. The van der Waals surface area contributed by atoms with Gasteiger partial charge in [0.15, 0.2) is 5.76 Å². The van der Waals surface area contributed by atoms with Crippen molar-refractivity contribution in [3.63, 3.8) is 0 Å². The third-order valence-corrected chi connectivity index (χ3v) is 3.21. The summed E-state index contributed by atoms with van der Waals surface area (Å²) in [7, 11) is 0. The Balaban J connectivity index is 2.89. The summed E-state index contributed by atoms with van der Waals surface area (Å²) in [5.41, 5.74) is 0.286. The largest absolute Gasteiger partial charge is 0.454 e. The minimum absolute atomic E-state index is 0.286. The quantitative estimate of drug-likeness (QED) is 0.570. The van der Waals surface area contributed by atoms with Crippen LogP contribution in [0.3, 0.4) is 0 Å². The Morgan fingerprint density at radius 3 is 2.65 bits per heavy atom. The highest BCUT2D eigenvalue weighted by Crippen LogP contribution is 2.34. The Morgan fingerprint density at radius 2 is 2.18 bits per heavy atom. The minimum atomic E-state index is -0.675. The van der Waals surface area contributed by atoms with Crippen LogP contribution in [0.25, 0.3) is 0 Å².